The number of nitrogens with zero attached hydrogens (tertiary/aromatic N) is 3. The molecular weight excluding hydrogens is 324 g/mol. The van der Waals surface area contributed by atoms with Crippen molar-refractivity contribution in [2.45, 2.75) is 36.6 Å². The van der Waals surface area contributed by atoms with E-state index in [4.69, 9.17) is 0 Å². The number of aromatic nitrogens is 2. The summed E-state index contributed by atoms with van der Waals surface area (Å²) >= 11 is 0. The maximum Gasteiger partial charge on any atom is 0.268 e. The van der Waals surface area contributed by atoms with E-state index in [-0.39, 0.29) is 6.54 Å². The molecule has 0 amide bonds. The number of anilines is 1. The minimum Gasteiger partial charge on any atom is -0.250 e. The van der Waals surface area contributed by atoms with E-state index in [1.807, 2.05) is 0 Å². The van der Waals surface area contributed by atoms with Gasteiger partial charge in [0, 0.05) is 18.7 Å². The second-order valence-corrected chi connectivity index (χ2v) is 7.73. The summed E-state index contributed by atoms with van der Waals surface area (Å²) < 4.78 is 56.1. The molecule has 8 heteroatoms. The zero-order chi connectivity index (χ0) is 16.2. The van der Waals surface area contributed by atoms with Crippen LogP contribution in [0.4, 0.5) is 14.6 Å². The maximum absolute atomic E-state index is 14.0. The van der Waals surface area contributed by atoms with Gasteiger partial charge in [0.1, 0.15) is 10.7 Å². The van der Waals surface area contributed by atoms with Crippen LogP contribution in [0.1, 0.15) is 30.7 Å². The Labute approximate surface area is 132 Å². The van der Waals surface area contributed by atoms with Gasteiger partial charge in [-0.25, -0.2) is 26.2 Å². The Bertz CT molecular complexity index is 875. The Morgan fingerprint density at radius 3 is 2.70 bits per heavy atom. The normalized spacial score (nSPS) is 18.1. The molecule has 0 atom stereocenters. The lowest BCUT2D eigenvalue weighted by Gasteiger charge is -2.30. The minimum atomic E-state index is -4.17. The molecule has 1 aliphatic heterocycles. The number of rotatable bonds is 3. The summed E-state index contributed by atoms with van der Waals surface area (Å²) in [5.41, 5.74) is 0.880. The molecule has 2 aromatic rings. The lowest BCUT2D eigenvalue weighted by Crippen LogP contribution is -2.38. The molecule has 0 radical (unpaired) electrons. The molecule has 4 rings (SSSR count). The fourth-order valence-electron chi connectivity index (χ4n) is 3.02. The molecule has 0 unspecified atom stereocenters. The van der Waals surface area contributed by atoms with Crippen molar-refractivity contribution in [2.24, 2.45) is 0 Å². The number of sulfonamides is 1. The van der Waals surface area contributed by atoms with Crippen molar-refractivity contribution >= 4 is 15.8 Å². The molecule has 0 N–H and O–H groups in total. The van der Waals surface area contributed by atoms with Gasteiger partial charge >= 0.3 is 0 Å². The standard InChI is InChI=1S/C15H15F2N3O2S/c16-12-3-1-4-13(14(12)17)23(21,22)20-8-2-7-19-15(20)11(9-18-19)10-5-6-10/h1,3-4,9-10H,2,5-8H2. The molecule has 1 fully saturated rings. The van der Waals surface area contributed by atoms with Gasteiger partial charge in [0.25, 0.3) is 10.0 Å². The van der Waals surface area contributed by atoms with Crippen molar-refractivity contribution in [1.82, 2.24) is 9.78 Å². The number of aryl methyl sites for hydroxylation is 1. The third-order valence-corrected chi connectivity index (χ3v) is 6.11. The van der Waals surface area contributed by atoms with Crippen molar-refractivity contribution in [2.75, 3.05) is 10.8 Å². The molecule has 1 aromatic carbocycles. The highest BCUT2D eigenvalue weighted by Crippen LogP contribution is 2.46. The molecule has 2 aliphatic rings. The van der Waals surface area contributed by atoms with Gasteiger partial charge in [0.15, 0.2) is 11.6 Å². The zero-order valence-electron chi connectivity index (χ0n) is 12.2. The first-order valence-corrected chi connectivity index (χ1v) is 8.96. The van der Waals surface area contributed by atoms with Crippen molar-refractivity contribution < 1.29 is 17.2 Å². The number of benzene rings is 1. The zero-order valence-corrected chi connectivity index (χ0v) is 13.1. The maximum atomic E-state index is 14.0. The number of hydrogen-bond donors (Lipinski definition) is 0. The van der Waals surface area contributed by atoms with Gasteiger partial charge < -0.3 is 0 Å². The minimum absolute atomic E-state index is 0.240. The van der Waals surface area contributed by atoms with Crippen molar-refractivity contribution in [3.8, 4) is 0 Å². The van der Waals surface area contributed by atoms with Crippen LogP contribution in [0, 0.1) is 11.6 Å². The quantitative estimate of drug-likeness (QED) is 0.864. The largest absolute Gasteiger partial charge is 0.268 e. The van der Waals surface area contributed by atoms with Crippen LogP contribution in [-0.4, -0.2) is 24.7 Å². The van der Waals surface area contributed by atoms with Crippen molar-refractivity contribution in [3.05, 3.63) is 41.6 Å². The number of halogens is 2. The highest BCUT2D eigenvalue weighted by Gasteiger charge is 2.38. The summed E-state index contributed by atoms with van der Waals surface area (Å²) in [4.78, 5) is -0.631. The average molecular weight is 339 g/mol. The molecule has 1 aliphatic carbocycles. The Morgan fingerprint density at radius 1 is 1.17 bits per heavy atom. The van der Waals surface area contributed by atoms with E-state index in [9.17, 15) is 17.2 Å². The van der Waals surface area contributed by atoms with Crippen LogP contribution in [0.15, 0.2) is 29.3 Å². The topological polar surface area (TPSA) is 55.2 Å². The highest BCUT2D eigenvalue weighted by molar-refractivity contribution is 7.92. The van der Waals surface area contributed by atoms with E-state index in [0.29, 0.717) is 24.7 Å². The average Bonchev–Trinajstić information content (AvgIpc) is 3.28. The van der Waals surface area contributed by atoms with E-state index >= 15 is 0 Å². The van der Waals surface area contributed by atoms with E-state index in [0.717, 1.165) is 30.5 Å². The second-order valence-electron chi connectivity index (χ2n) is 5.90. The summed E-state index contributed by atoms with van der Waals surface area (Å²) in [6.45, 7) is 0.864. The Morgan fingerprint density at radius 2 is 1.96 bits per heavy atom. The van der Waals surface area contributed by atoms with E-state index in [2.05, 4.69) is 5.10 Å². The third-order valence-electron chi connectivity index (χ3n) is 4.31. The molecule has 122 valence electrons. The Balaban J connectivity index is 1.85. The third kappa shape index (κ3) is 2.23. The van der Waals surface area contributed by atoms with E-state index in [1.54, 1.807) is 10.9 Å². The van der Waals surface area contributed by atoms with Gasteiger partial charge in [0.2, 0.25) is 0 Å². The Kier molecular flexibility index (Phi) is 3.19. The lowest BCUT2D eigenvalue weighted by molar-refractivity contribution is 0.482. The summed E-state index contributed by atoms with van der Waals surface area (Å²) in [6.07, 6.45) is 4.28. The van der Waals surface area contributed by atoms with E-state index in [1.165, 1.54) is 10.4 Å². The Hall–Kier alpha value is -1.96. The van der Waals surface area contributed by atoms with Gasteiger partial charge in [-0.15, -0.1) is 0 Å². The molecule has 5 nitrogen and oxygen atoms in total. The van der Waals surface area contributed by atoms with Crippen LogP contribution in [0.25, 0.3) is 0 Å². The van der Waals surface area contributed by atoms with E-state index < -0.39 is 26.6 Å². The van der Waals surface area contributed by atoms with Gasteiger partial charge in [-0.05, 0) is 37.3 Å². The highest BCUT2D eigenvalue weighted by atomic mass is 32.2. The fraction of sp³-hybridized carbons (Fsp3) is 0.400. The van der Waals surface area contributed by atoms with Gasteiger partial charge in [0.05, 0.1) is 6.20 Å². The first-order valence-electron chi connectivity index (χ1n) is 7.52. The fourth-order valence-corrected chi connectivity index (χ4v) is 4.63. The molecule has 0 spiro atoms. The van der Waals surface area contributed by atoms with Gasteiger partial charge in [-0.2, -0.15) is 5.10 Å². The molecular formula is C15H15F2N3O2S. The van der Waals surface area contributed by atoms with Crippen molar-refractivity contribution in [3.63, 3.8) is 0 Å². The van der Waals surface area contributed by atoms with Gasteiger partial charge in [-0.3, -0.25) is 0 Å². The predicted octanol–water partition coefficient (Wildman–Crippen LogP) is 2.64. The van der Waals surface area contributed by atoms with Crippen LogP contribution in [0.3, 0.4) is 0 Å². The number of hydrogen-bond acceptors (Lipinski definition) is 3. The van der Waals surface area contributed by atoms with Crippen LogP contribution in [0.2, 0.25) is 0 Å². The summed E-state index contributed by atoms with van der Waals surface area (Å²) in [5, 5.41) is 4.26. The summed E-state index contributed by atoms with van der Waals surface area (Å²) in [7, 11) is -4.17. The van der Waals surface area contributed by atoms with Crippen LogP contribution in [0.5, 0.6) is 0 Å². The molecule has 0 saturated heterocycles. The molecule has 2 heterocycles. The van der Waals surface area contributed by atoms with Crippen molar-refractivity contribution in [1.29, 1.82) is 0 Å². The SMILES string of the molecule is O=S(=O)(c1cccc(F)c1F)N1CCCn2ncc(C3CC3)c21. The molecule has 23 heavy (non-hydrogen) atoms. The van der Waals surface area contributed by atoms with Gasteiger partial charge in [-0.1, -0.05) is 6.07 Å². The first-order chi connectivity index (χ1) is 11.0. The predicted molar refractivity (Wildman–Crippen MR) is 79.7 cm³/mol. The molecule has 0 bridgehead atoms. The molecule has 1 saturated carbocycles. The second kappa shape index (κ2) is 5.02. The first kappa shape index (κ1) is 14.6. The monoisotopic (exact) mass is 339 g/mol. The van der Waals surface area contributed by atoms with Crippen LogP contribution < -0.4 is 4.31 Å². The number of fused-ring (bicyclic) bond motifs is 1. The smallest absolute Gasteiger partial charge is 0.250 e. The molecule has 1 aromatic heterocycles. The van der Waals surface area contributed by atoms with Crippen LogP contribution in [-0.2, 0) is 16.6 Å². The van der Waals surface area contributed by atoms with Crippen LogP contribution >= 0.6 is 0 Å². The summed E-state index contributed by atoms with van der Waals surface area (Å²) in [6, 6.07) is 3.21. The lowest BCUT2D eigenvalue weighted by atomic mass is 10.2. The summed E-state index contributed by atoms with van der Waals surface area (Å²) in [5.74, 6) is -1.69.